The Morgan fingerprint density at radius 3 is 2.89 bits per heavy atom. The molecule has 2 aromatic heterocycles. The van der Waals surface area contributed by atoms with Gasteiger partial charge in [-0.2, -0.15) is 0 Å². The fourth-order valence-corrected chi connectivity index (χ4v) is 2.28. The molecule has 0 saturated carbocycles. The minimum Gasteiger partial charge on any atom is -0.331 e. The standard InChI is InChI=1S/C14H12ClN3/c1-10-11-4-2-3-5-12(11)17-13(14(10)15)8-18-7-6-16-9-18/h2-7,9H,8H2,1H3. The van der Waals surface area contributed by atoms with Crippen LogP contribution in [0.2, 0.25) is 5.02 Å². The van der Waals surface area contributed by atoms with E-state index in [0.29, 0.717) is 6.54 Å². The lowest BCUT2D eigenvalue weighted by molar-refractivity contribution is 0.776. The molecule has 90 valence electrons. The van der Waals surface area contributed by atoms with Crippen LogP contribution in [0.15, 0.2) is 43.0 Å². The van der Waals surface area contributed by atoms with Crippen LogP contribution in [-0.2, 0) is 6.54 Å². The number of rotatable bonds is 2. The van der Waals surface area contributed by atoms with E-state index < -0.39 is 0 Å². The van der Waals surface area contributed by atoms with Crippen LogP contribution in [0.1, 0.15) is 11.3 Å². The van der Waals surface area contributed by atoms with E-state index in [9.17, 15) is 0 Å². The number of hydrogen-bond donors (Lipinski definition) is 0. The third-order valence-corrected chi connectivity index (χ3v) is 3.54. The summed E-state index contributed by atoms with van der Waals surface area (Å²) in [7, 11) is 0. The molecule has 0 atom stereocenters. The Bertz CT molecular complexity index is 690. The Balaban J connectivity index is 2.15. The highest BCUT2D eigenvalue weighted by molar-refractivity contribution is 6.32. The van der Waals surface area contributed by atoms with Crippen LogP contribution < -0.4 is 0 Å². The van der Waals surface area contributed by atoms with E-state index in [0.717, 1.165) is 27.2 Å². The van der Waals surface area contributed by atoms with Crippen LogP contribution in [0.25, 0.3) is 10.9 Å². The minimum atomic E-state index is 0.643. The van der Waals surface area contributed by atoms with Gasteiger partial charge < -0.3 is 4.57 Å². The summed E-state index contributed by atoms with van der Waals surface area (Å²) in [6, 6.07) is 8.05. The van der Waals surface area contributed by atoms with E-state index in [4.69, 9.17) is 11.6 Å². The van der Waals surface area contributed by atoms with Crippen LogP contribution in [0.3, 0.4) is 0 Å². The lowest BCUT2D eigenvalue weighted by Gasteiger charge is -2.10. The van der Waals surface area contributed by atoms with Crippen molar-refractivity contribution in [2.45, 2.75) is 13.5 Å². The number of imidazole rings is 1. The van der Waals surface area contributed by atoms with Gasteiger partial charge in [-0.1, -0.05) is 29.8 Å². The second-order valence-corrected chi connectivity index (χ2v) is 4.63. The molecule has 0 spiro atoms. The van der Waals surface area contributed by atoms with Crippen molar-refractivity contribution in [1.29, 1.82) is 0 Å². The molecule has 18 heavy (non-hydrogen) atoms. The molecule has 0 saturated heterocycles. The minimum absolute atomic E-state index is 0.643. The van der Waals surface area contributed by atoms with E-state index in [2.05, 4.69) is 9.97 Å². The lowest BCUT2D eigenvalue weighted by Crippen LogP contribution is -2.02. The van der Waals surface area contributed by atoms with Gasteiger partial charge in [0.2, 0.25) is 0 Å². The van der Waals surface area contributed by atoms with E-state index in [1.807, 2.05) is 42.0 Å². The zero-order valence-electron chi connectivity index (χ0n) is 9.97. The molecular weight excluding hydrogens is 246 g/mol. The molecule has 1 aromatic carbocycles. The Kier molecular flexibility index (Phi) is 2.76. The highest BCUT2D eigenvalue weighted by Gasteiger charge is 2.10. The zero-order valence-corrected chi connectivity index (χ0v) is 10.7. The van der Waals surface area contributed by atoms with Crippen molar-refractivity contribution in [1.82, 2.24) is 14.5 Å². The maximum atomic E-state index is 6.39. The number of halogens is 1. The quantitative estimate of drug-likeness (QED) is 0.704. The van der Waals surface area contributed by atoms with Gasteiger partial charge in [0.1, 0.15) is 0 Å². The summed E-state index contributed by atoms with van der Waals surface area (Å²) in [5, 5.41) is 1.85. The van der Waals surface area contributed by atoms with Crippen molar-refractivity contribution in [2.24, 2.45) is 0 Å². The number of fused-ring (bicyclic) bond motifs is 1. The van der Waals surface area contributed by atoms with Gasteiger partial charge in [0.05, 0.1) is 29.1 Å². The van der Waals surface area contributed by atoms with Crippen molar-refractivity contribution in [2.75, 3.05) is 0 Å². The number of pyridine rings is 1. The smallest absolute Gasteiger partial charge is 0.0949 e. The summed E-state index contributed by atoms with van der Waals surface area (Å²) in [4.78, 5) is 8.65. The number of benzene rings is 1. The molecule has 0 aliphatic heterocycles. The Morgan fingerprint density at radius 1 is 1.28 bits per heavy atom. The van der Waals surface area contributed by atoms with Gasteiger partial charge in [-0.05, 0) is 18.6 Å². The molecule has 0 N–H and O–H groups in total. The molecule has 3 aromatic rings. The topological polar surface area (TPSA) is 30.7 Å². The molecule has 0 aliphatic carbocycles. The first-order valence-corrected chi connectivity index (χ1v) is 6.13. The molecule has 0 aliphatic rings. The molecule has 2 heterocycles. The lowest BCUT2D eigenvalue weighted by atomic mass is 10.1. The first kappa shape index (κ1) is 11.2. The summed E-state index contributed by atoms with van der Waals surface area (Å²) in [5.41, 5.74) is 2.94. The molecular formula is C14H12ClN3. The highest BCUT2D eigenvalue weighted by Crippen LogP contribution is 2.27. The van der Waals surface area contributed by atoms with Crippen molar-refractivity contribution in [3.63, 3.8) is 0 Å². The number of para-hydroxylation sites is 1. The second kappa shape index (κ2) is 4.42. The highest BCUT2D eigenvalue weighted by atomic mass is 35.5. The van der Waals surface area contributed by atoms with Crippen LogP contribution in [0.5, 0.6) is 0 Å². The Morgan fingerprint density at radius 2 is 2.11 bits per heavy atom. The van der Waals surface area contributed by atoms with E-state index in [1.54, 1.807) is 12.5 Å². The third-order valence-electron chi connectivity index (χ3n) is 3.04. The van der Waals surface area contributed by atoms with Gasteiger partial charge in [-0.15, -0.1) is 0 Å². The molecule has 0 radical (unpaired) electrons. The van der Waals surface area contributed by atoms with E-state index in [-0.39, 0.29) is 0 Å². The van der Waals surface area contributed by atoms with Crippen molar-refractivity contribution < 1.29 is 0 Å². The summed E-state index contributed by atoms with van der Waals surface area (Å²) >= 11 is 6.39. The summed E-state index contributed by atoms with van der Waals surface area (Å²) in [6.45, 7) is 2.67. The van der Waals surface area contributed by atoms with Crippen LogP contribution in [-0.4, -0.2) is 14.5 Å². The number of nitrogens with zero attached hydrogens (tertiary/aromatic N) is 3. The van der Waals surface area contributed by atoms with Crippen molar-refractivity contribution in [3.8, 4) is 0 Å². The predicted octanol–water partition coefficient (Wildman–Crippen LogP) is 3.44. The van der Waals surface area contributed by atoms with Gasteiger partial charge in [0.15, 0.2) is 0 Å². The van der Waals surface area contributed by atoms with Crippen LogP contribution in [0, 0.1) is 6.92 Å². The van der Waals surface area contributed by atoms with Crippen molar-refractivity contribution >= 4 is 22.5 Å². The molecule has 0 unspecified atom stereocenters. The molecule has 0 amide bonds. The first-order chi connectivity index (χ1) is 8.75. The molecule has 3 rings (SSSR count). The fraction of sp³-hybridized carbons (Fsp3) is 0.143. The maximum absolute atomic E-state index is 6.39. The molecule has 3 nitrogen and oxygen atoms in total. The van der Waals surface area contributed by atoms with E-state index >= 15 is 0 Å². The van der Waals surface area contributed by atoms with E-state index in [1.165, 1.54) is 0 Å². The molecule has 0 bridgehead atoms. The number of aromatic nitrogens is 3. The summed E-state index contributed by atoms with van der Waals surface area (Å²) < 4.78 is 1.96. The van der Waals surface area contributed by atoms with Crippen molar-refractivity contribution in [3.05, 3.63) is 59.3 Å². The number of hydrogen-bond acceptors (Lipinski definition) is 2. The van der Waals surface area contributed by atoms with Gasteiger partial charge in [-0.25, -0.2) is 9.97 Å². The average Bonchev–Trinajstić information content (AvgIpc) is 2.89. The van der Waals surface area contributed by atoms with Gasteiger partial charge in [0, 0.05) is 17.8 Å². The number of aryl methyl sites for hydroxylation is 1. The fourth-order valence-electron chi connectivity index (χ4n) is 2.08. The van der Waals surface area contributed by atoms with Gasteiger partial charge >= 0.3 is 0 Å². The van der Waals surface area contributed by atoms with Crippen LogP contribution >= 0.6 is 11.6 Å². The van der Waals surface area contributed by atoms with Gasteiger partial charge in [0.25, 0.3) is 0 Å². The largest absolute Gasteiger partial charge is 0.331 e. The Hall–Kier alpha value is -1.87. The van der Waals surface area contributed by atoms with Gasteiger partial charge in [-0.3, -0.25) is 0 Å². The normalized spacial score (nSPS) is 11.0. The zero-order chi connectivity index (χ0) is 12.5. The third kappa shape index (κ3) is 1.87. The average molecular weight is 258 g/mol. The maximum Gasteiger partial charge on any atom is 0.0949 e. The summed E-state index contributed by atoms with van der Waals surface area (Å²) in [6.07, 6.45) is 5.42. The SMILES string of the molecule is Cc1c(Cl)c(Cn2ccnc2)nc2ccccc12. The Labute approximate surface area is 110 Å². The molecule has 0 fully saturated rings. The molecule has 4 heteroatoms. The first-order valence-electron chi connectivity index (χ1n) is 5.75. The summed E-state index contributed by atoms with van der Waals surface area (Å²) in [5.74, 6) is 0. The van der Waals surface area contributed by atoms with Crippen LogP contribution in [0.4, 0.5) is 0 Å². The second-order valence-electron chi connectivity index (χ2n) is 4.25. The monoisotopic (exact) mass is 257 g/mol. The predicted molar refractivity (Wildman–Crippen MR) is 72.8 cm³/mol.